The number of halogens is 6. The summed E-state index contributed by atoms with van der Waals surface area (Å²) in [5.41, 5.74) is -4.71. The van der Waals surface area contributed by atoms with Gasteiger partial charge in [-0.05, 0) is 37.0 Å². The maximum absolute atomic E-state index is 13.4. The van der Waals surface area contributed by atoms with Crippen LogP contribution in [-0.4, -0.2) is 23.5 Å². The quantitative estimate of drug-likeness (QED) is 0.811. The van der Waals surface area contributed by atoms with E-state index in [4.69, 9.17) is 0 Å². The Labute approximate surface area is 123 Å². The van der Waals surface area contributed by atoms with Crippen LogP contribution in [0.5, 0.6) is 5.75 Å². The van der Waals surface area contributed by atoms with Crippen molar-refractivity contribution in [1.82, 2.24) is 0 Å². The number of rotatable bonds is 5. The summed E-state index contributed by atoms with van der Waals surface area (Å²) in [6.07, 6.45) is -5.77. The highest BCUT2D eigenvalue weighted by molar-refractivity contribution is 5.39. The van der Waals surface area contributed by atoms with Gasteiger partial charge < -0.3 is 9.84 Å². The summed E-state index contributed by atoms with van der Waals surface area (Å²) in [4.78, 5) is 0. The fraction of sp³-hybridized carbons (Fsp3) is 0.571. The Morgan fingerprint density at radius 2 is 1.68 bits per heavy atom. The maximum Gasteiger partial charge on any atom is 0.416 e. The molecule has 0 aliphatic heterocycles. The van der Waals surface area contributed by atoms with Crippen molar-refractivity contribution >= 4 is 0 Å². The molecule has 0 saturated heterocycles. The van der Waals surface area contributed by atoms with Gasteiger partial charge in [0.1, 0.15) is 11.6 Å². The second-order valence-electron chi connectivity index (χ2n) is 5.85. The Balaban J connectivity index is 3.24. The average molecular weight is 330 g/mol. The van der Waals surface area contributed by atoms with Crippen LogP contribution in [0.1, 0.15) is 32.8 Å². The Morgan fingerprint density at radius 3 is 2.14 bits per heavy atom. The third kappa shape index (κ3) is 4.28. The number of hydrogen-bond donors (Lipinski definition) is 1. The zero-order valence-electron chi connectivity index (χ0n) is 12.1. The molecule has 0 bridgehead atoms. The third-order valence-electron chi connectivity index (χ3n) is 3.28. The Hall–Kier alpha value is -1.44. The fourth-order valence-corrected chi connectivity index (χ4v) is 2.29. The van der Waals surface area contributed by atoms with Crippen molar-refractivity contribution < 1.29 is 36.2 Å². The van der Waals surface area contributed by atoms with Crippen LogP contribution in [0, 0.1) is 5.82 Å². The molecule has 1 rings (SSSR count). The molecule has 0 heterocycles. The number of aliphatic hydroxyl groups is 1. The largest absolute Gasteiger partial charge is 0.435 e. The minimum atomic E-state index is -4.92. The van der Waals surface area contributed by atoms with Gasteiger partial charge in [-0.3, -0.25) is 0 Å². The minimum Gasteiger partial charge on any atom is -0.435 e. The van der Waals surface area contributed by atoms with Crippen molar-refractivity contribution in [2.45, 2.75) is 51.0 Å². The molecular formula is C14H16F6O2. The first kappa shape index (κ1) is 18.6. The van der Waals surface area contributed by atoms with Crippen LogP contribution in [0.25, 0.3) is 0 Å². The van der Waals surface area contributed by atoms with Crippen LogP contribution < -0.4 is 4.74 Å². The molecule has 0 aromatic heterocycles. The Kier molecular flexibility index (Phi) is 5.06. The molecule has 0 fully saturated rings. The lowest BCUT2D eigenvalue weighted by Crippen LogP contribution is -2.46. The predicted molar refractivity (Wildman–Crippen MR) is 67.4 cm³/mol. The molecule has 1 aromatic rings. The van der Waals surface area contributed by atoms with Crippen molar-refractivity contribution in [1.29, 1.82) is 0 Å². The number of alkyl halides is 5. The molecule has 126 valence electrons. The summed E-state index contributed by atoms with van der Waals surface area (Å²) < 4.78 is 80.7. The van der Waals surface area contributed by atoms with Crippen molar-refractivity contribution in [2.75, 3.05) is 0 Å². The maximum atomic E-state index is 13.4. The van der Waals surface area contributed by atoms with Crippen LogP contribution in [0.2, 0.25) is 0 Å². The van der Waals surface area contributed by atoms with Gasteiger partial charge in [-0.2, -0.15) is 22.0 Å². The minimum absolute atomic E-state index is 0.183. The summed E-state index contributed by atoms with van der Waals surface area (Å²) >= 11 is 0. The van der Waals surface area contributed by atoms with E-state index in [0.29, 0.717) is 6.92 Å². The third-order valence-corrected chi connectivity index (χ3v) is 3.28. The number of ether oxygens (including phenoxy) is 1. The monoisotopic (exact) mass is 330 g/mol. The molecule has 1 atom stereocenters. The van der Waals surface area contributed by atoms with Gasteiger partial charge in [0.25, 0.3) is 0 Å². The molecule has 0 amide bonds. The predicted octanol–water partition coefficient (Wildman–Crippen LogP) is 4.41. The van der Waals surface area contributed by atoms with E-state index in [1.807, 2.05) is 0 Å². The zero-order chi connectivity index (χ0) is 17.3. The van der Waals surface area contributed by atoms with Gasteiger partial charge in [0, 0.05) is 5.56 Å². The van der Waals surface area contributed by atoms with E-state index in [2.05, 4.69) is 4.74 Å². The molecule has 0 aliphatic rings. The average Bonchev–Trinajstić information content (AvgIpc) is 2.27. The van der Waals surface area contributed by atoms with E-state index >= 15 is 0 Å². The van der Waals surface area contributed by atoms with Crippen molar-refractivity contribution in [3.63, 3.8) is 0 Å². The van der Waals surface area contributed by atoms with E-state index < -0.39 is 41.8 Å². The molecule has 0 aliphatic carbocycles. The molecule has 1 aromatic carbocycles. The smallest absolute Gasteiger partial charge is 0.416 e. The van der Waals surface area contributed by atoms with Crippen LogP contribution in [-0.2, 0) is 5.41 Å². The second-order valence-corrected chi connectivity index (χ2v) is 5.85. The zero-order valence-corrected chi connectivity index (χ0v) is 12.1. The lowest BCUT2D eigenvalue weighted by molar-refractivity contribution is -0.259. The lowest BCUT2D eigenvalue weighted by Gasteiger charge is -2.36. The van der Waals surface area contributed by atoms with Gasteiger partial charge in [0.15, 0.2) is 5.60 Å². The number of hydrogen-bond acceptors (Lipinski definition) is 2. The molecule has 1 unspecified atom stereocenters. The summed E-state index contributed by atoms with van der Waals surface area (Å²) in [6.45, 7) is -0.0781. The molecule has 1 N–H and O–H groups in total. The molecule has 0 saturated carbocycles. The molecule has 22 heavy (non-hydrogen) atoms. The first-order valence-corrected chi connectivity index (χ1v) is 6.30. The van der Waals surface area contributed by atoms with Gasteiger partial charge >= 0.3 is 12.8 Å². The molecule has 8 heteroatoms. The first-order valence-electron chi connectivity index (χ1n) is 6.30. The van der Waals surface area contributed by atoms with E-state index in [1.165, 1.54) is 13.8 Å². The van der Waals surface area contributed by atoms with E-state index in [1.54, 1.807) is 0 Å². The lowest BCUT2D eigenvalue weighted by atomic mass is 9.75. The molecular weight excluding hydrogens is 314 g/mol. The highest BCUT2D eigenvalue weighted by Crippen LogP contribution is 2.43. The van der Waals surface area contributed by atoms with Gasteiger partial charge in [0.2, 0.25) is 0 Å². The fourth-order valence-electron chi connectivity index (χ4n) is 2.29. The topological polar surface area (TPSA) is 29.5 Å². The van der Waals surface area contributed by atoms with Crippen molar-refractivity contribution in [3.05, 3.63) is 29.6 Å². The van der Waals surface area contributed by atoms with Crippen LogP contribution in [0.3, 0.4) is 0 Å². The normalized spacial score (nSPS) is 15.8. The van der Waals surface area contributed by atoms with E-state index in [9.17, 15) is 31.4 Å². The SMILES string of the molecule is CC(C)(CC(C)(O)C(F)(F)F)c1cc(F)ccc1OC(F)F. The summed E-state index contributed by atoms with van der Waals surface area (Å²) in [5.74, 6) is -1.24. The molecule has 2 nitrogen and oxygen atoms in total. The van der Waals surface area contributed by atoms with Crippen LogP contribution >= 0.6 is 0 Å². The van der Waals surface area contributed by atoms with Crippen LogP contribution in [0.15, 0.2) is 18.2 Å². The van der Waals surface area contributed by atoms with Gasteiger partial charge in [-0.15, -0.1) is 0 Å². The van der Waals surface area contributed by atoms with Crippen molar-refractivity contribution in [3.8, 4) is 5.75 Å². The van der Waals surface area contributed by atoms with Gasteiger partial charge in [-0.25, -0.2) is 4.39 Å². The summed E-state index contributed by atoms with van der Waals surface area (Å²) in [7, 11) is 0. The summed E-state index contributed by atoms with van der Waals surface area (Å²) in [6, 6.07) is 2.60. The summed E-state index contributed by atoms with van der Waals surface area (Å²) in [5, 5.41) is 9.58. The first-order chi connectivity index (χ1) is 9.76. The Bertz CT molecular complexity index is 523. The van der Waals surface area contributed by atoms with Crippen molar-refractivity contribution in [2.24, 2.45) is 0 Å². The molecule has 0 radical (unpaired) electrons. The van der Waals surface area contributed by atoms with Gasteiger partial charge in [0.05, 0.1) is 0 Å². The highest BCUT2D eigenvalue weighted by Gasteiger charge is 2.52. The van der Waals surface area contributed by atoms with E-state index in [0.717, 1.165) is 18.2 Å². The Morgan fingerprint density at radius 1 is 1.14 bits per heavy atom. The van der Waals surface area contributed by atoms with Crippen LogP contribution in [0.4, 0.5) is 26.3 Å². The standard InChI is InChI=1S/C14H16F6O2/c1-12(2,7-13(3,21)14(18,19)20)9-6-8(15)4-5-10(9)22-11(16)17/h4-6,11,21H,7H2,1-3H3. The van der Waals surface area contributed by atoms with Gasteiger partial charge in [-0.1, -0.05) is 13.8 Å². The molecule has 0 spiro atoms. The number of benzene rings is 1. The second kappa shape index (κ2) is 5.98. The highest BCUT2D eigenvalue weighted by atomic mass is 19.4. The van der Waals surface area contributed by atoms with E-state index in [-0.39, 0.29) is 5.56 Å².